The minimum Gasteiger partial charge on any atom is -0.365 e. The number of hydrogen-bond acceptors (Lipinski definition) is 1. The van der Waals surface area contributed by atoms with Gasteiger partial charge in [-0.25, -0.2) is 0 Å². The molecule has 0 radical (unpaired) electrons. The lowest BCUT2D eigenvalue weighted by atomic mass is 10.00. The first-order valence-electron chi connectivity index (χ1n) is 9.94. The van der Waals surface area contributed by atoms with Gasteiger partial charge in [-0.15, -0.1) is 0 Å². The largest absolute Gasteiger partial charge is 0.365 e. The van der Waals surface area contributed by atoms with Crippen molar-refractivity contribution >= 4 is 17.0 Å². The van der Waals surface area contributed by atoms with Gasteiger partial charge in [0, 0.05) is 34.9 Å². The molecule has 0 saturated heterocycles. The Bertz CT molecular complexity index is 1120. The Balaban J connectivity index is 1.44. The van der Waals surface area contributed by atoms with Gasteiger partial charge < -0.3 is 9.88 Å². The summed E-state index contributed by atoms with van der Waals surface area (Å²) in [6, 6.07) is 28.5. The zero-order chi connectivity index (χ0) is 18.9. The average Bonchev–Trinajstić information content (AvgIpc) is 3.10. The highest BCUT2D eigenvalue weighted by atomic mass is 15.2. The summed E-state index contributed by atoms with van der Waals surface area (Å²) in [6.45, 7) is 3.21. The Morgan fingerprint density at radius 2 is 1.54 bits per heavy atom. The number of nitrogens with one attached hydrogen (secondary N) is 1. The van der Waals surface area contributed by atoms with E-state index < -0.39 is 0 Å². The summed E-state index contributed by atoms with van der Waals surface area (Å²) in [4.78, 5) is 6.12. The molecule has 1 atom stereocenters. The van der Waals surface area contributed by atoms with Crippen LogP contribution < -0.4 is 0 Å². The standard InChI is InChI=1S/C26H24N2/c1-19-26-24(14-15-28(19)18-21-10-6-3-7-11-21)23-13-12-22(17-25(23)27-26)16-20-8-4-2-5-9-20/h2-15,17,19,27H,16,18H2,1H3. The second kappa shape index (κ2) is 7.05. The molecule has 2 heterocycles. The molecule has 0 bridgehead atoms. The van der Waals surface area contributed by atoms with Crippen LogP contribution in [0.1, 0.15) is 40.9 Å². The summed E-state index contributed by atoms with van der Waals surface area (Å²) in [7, 11) is 0. The maximum atomic E-state index is 3.71. The number of H-pyrrole nitrogens is 1. The van der Waals surface area contributed by atoms with E-state index in [9.17, 15) is 0 Å². The third-order valence-corrected chi connectivity index (χ3v) is 5.74. The van der Waals surface area contributed by atoms with Crippen molar-refractivity contribution in [2.24, 2.45) is 0 Å². The first kappa shape index (κ1) is 16.9. The summed E-state index contributed by atoms with van der Waals surface area (Å²) in [5.41, 5.74) is 7.90. The molecule has 1 N–H and O–H groups in total. The number of fused-ring (bicyclic) bond motifs is 3. The second-order valence-electron chi connectivity index (χ2n) is 7.64. The van der Waals surface area contributed by atoms with Gasteiger partial charge in [-0.05, 0) is 42.2 Å². The molecular weight excluding hydrogens is 340 g/mol. The lowest BCUT2D eigenvalue weighted by molar-refractivity contribution is 0.284. The van der Waals surface area contributed by atoms with Crippen LogP contribution in [0.3, 0.4) is 0 Å². The zero-order valence-electron chi connectivity index (χ0n) is 16.1. The number of aromatic amines is 1. The summed E-state index contributed by atoms with van der Waals surface area (Å²) >= 11 is 0. The number of rotatable bonds is 4. The number of hydrogen-bond donors (Lipinski definition) is 1. The van der Waals surface area contributed by atoms with Crippen molar-refractivity contribution in [3.05, 3.63) is 113 Å². The smallest absolute Gasteiger partial charge is 0.0668 e. The van der Waals surface area contributed by atoms with E-state index >= 15 is 0 Å². The monoisotopic (exact) mass is 364 g/mol. The SMILES string of the molecule is CC1c2[nH]c3cc(Cc4ccccc4)ccc3c2C=CN1Cc1ccccc1. The molecule has 0 saturated carbocycles. The normalized spacial score (nSPS) is 15.8. The molecule has 28 heavy (non-hydrogen) atoms. The molecule has 0 amide bonds. The van der Waals surface area contributed by atoms with Crippen molar-refractivity contribution in [2.45, 2.75) is 25.9 Å². The van der Waals surface area contributed by atoms with Crippen LogP contribution >= 0.6 is 0 Å². The minimum absolute atomic E-state index is 0.324. The lowest BCUT2D eigenvalue weighted by Gasteiger charge is -2.31. The molecule has 0 spiro atoms. The minimum atomic E-state index is 0.324. The first-order valence-corrected chi connectivity index (χ1v) is 9.94. The Morgan fingerprint density at radius 3 is 2.29 bits per heavy atom. The molecular formula is C26H24N2. The van der Waals surface area contributed by atoms with Crippen molar-refractivity contribution in [1.82, 2.24) is 9.88 Å². The topological polar surface area (TPSA) is 19.0 Å². The van der Waals surface area contributed by atoms with E-state index in [0.717, 1.165) is 13.0 Å². The van der Waals surface area contributed by atoms with Gasteiger partial charge in [0.1, 0.15) is 0 Å². The van der Waals surface area contributed by atoms with Crippen LogP contribution in [0.4, 0.5) is 0 Å². The van der Waals surface area contributed by atoms with Crippen LogP contribution in [0.5, 0.6) is 0 Å². The molecule has 1 aliphatic heterocycles. The van der Waals surface area contributed by atoms with Crippen LogP contribution in [0.2, 0.25) is 0 Å². The van der Waals surface area contributed by atoms with Gasteiger partial charge in [0.05, 0.1) is 6.04 Å². The Morgan fingerprint density at radius 1 is 0.821 bits per heavy atom. The molecule has 138 valence electrons. The van der Waals surface area contributed by atoms with E-state index in [0.29, 0.717) is 6.04 Å². The van der Waals surface area contributed by atoms with Gasteiger partial charge in [0.2, 0.25) is 0 Å². The average molecular weight is 364 g/mol. The predicted octanol–water partition coefficient (Wildman–Crippen LogP) is 6.31. The molecule has 2 heteroatoms. The number of benzene rings is 3. The number of aromatic nitrogens is 1. The fourth-order valence-electron chi connectivity index (χ4n) is 4.19. The fourth-order valence-corrected chi connectivity index (χ4v) is 4.19. The van der Waals surface area contributed by atoms with Gasteiger partial charge in [0.15, 0.2) is 0 Å². The van der Waals surface area contributed by atoms with Crippen molar-refractivity contribution in [3.8, 4) is 0 Å². The fraction of sp³-hybridized carbons (Fsp3) is 0.154. The van der Waals surface area contributed by atoms with Crippen molar-refractivity contribution < 1.29 is 0 Å². The summed E-state index contributed by atoms with van der Waals surface area (Å²) in [5, 5.41) is 1.31. The third-order valence-electron chi connectivity index (χ3n) is 5.74. The molecule has 2 nitrogen and oxygen atoms in total. The third kappa shape index (κ3) is 3.11. The predicted molar refractivity (Wildman–Crippen MR) is 117 cm³/mol. The summed E-state index contributed by atoms with van der Waals surface area (Å²) < 4.78 is 0. The van der Waals surface area contributed by atoms with Crippen LogP contribution in [-0.2, 0) is 13.0 Å². The van der Waals surface area contributed by atoms with Crippen LogP contribution in [0.25, 0.3) is 17.0 Å². The van der Waals surface area contributed by atoms with Gasteiger partial charge in [-0.2, -0.15) is 0 Å². The van der Waals surface area contributed by atoms with Gasteiger partial charge in [0.25, 0.3) is 0 Å². The molecule has 3 aromatic carbocycles. The van der Waals surface area contributed by atoms with Crippen LogP contribution in [0, 0.1) is 0 Å². The Hall–Kier alpha value is -3.26. The molecule has 1 aliphatic rings. The highest BCUT2D eigenvalue weighted by molar-refractivity contribution is 5.91. The maximum Gasteiger partial charge on any atom is 0.0668 e. The van der Waals surface area contributed by atoms with E-state index in [4.69, 9.17) is 0 Å². The molecule has 1 unspecified atom stereocenters. The van der Waals surface area contributed by atoms with Gasteiger partial charge >= 0.3 is 0 Å². The lowest BCUT2D eigenvalue weighted by Crippen LogP contribution is -2.24. The second-order valence-corrected chi connectivity index (χ2v) is 7.64. The van der Waals surface area contributed by atoms with Crippen LogP contribution in [0.15, 0.2) is 85.1 Å². The molecule has 4 aromatic rings. The zero-order valence-corrected chi connectivity index (χ0v) is 16.1. The maximum absolute atomic E-state index is 3.71. The van der Waals surface area contributed by atoms with E-state index in [1.807, 2.05) is 0 Å². The van der Waals surface area contributed by atoms with E-state index in [1.165, 1.54) is 38.9 Å². The Labute approximate surface area is 166 Å². The quantitative estimate of drug-likeness (QED) is 0.450. The molecule has 1 aromatic heterocycles. The first-order chi connectivity index (χ1) is 13.8. The van der Waals surface area contributed by atoms with Gasteiger partial charge in [-0.1, -0.05) is 72.8 Å². The molecule has 0 fully saturated rings. The van der Waals surface area contributed by atoms with Crippen molar-refractivity contribution in [1.29, 1.82) is 0 Å². The van der Waals surface area contributed by atoms with E-state index in [1.54, 1.807) is 0 Å². The van der Waals surface area contributed by atoms with Crippen LogP contribution in [-0.4, -0.2) is 9.88 Å². The van der Waals surface area contributed by atoms with E-state index in [2.05, 4.69) is 108 Å². The molecule has 5 rings (SSSR count). The Kier molecular flexibility index (Phi) is 4.25. The van der Waals surface area contributed by atoms with E-state index in [-0.39, 0.29) is 0 Å². The van der Waals surface area contributed by atoms with Crippen molar-refractivity contribution in [2.75, 3.05) is 0 Å². The highest BCUT2D eigenvalue weighted by Gasteiger charge is 2.23. The summed E-state index contributed by atoms with van der Waals surface area (Å²) in [5.74, 6) is 0. The highest BCUT2D eigenvalue weighted by Crippen LogP contribution is 2.36. The number of nitrogens with zero attached hydrogens (tertiary/aromatic N) is 1. The van der Waals surface area contributed by atoms with Gasteiger partial charge in [-0.3, -0.25) is 0 Å². The summed E-state index contributed by atoms with van der Waals surface area (Å²) in [6.07, 6.45) is 5.46. The molecule has 0 aliphatic carbocycles. The van der Waals surface area contributed by atoms with Crippen molar-refractivity contribution in [3.63, 3.8) is 0 Å².